The van der Waals surface area contributed by atoms with E-state index in [4.69, 9.17) is 0 Å². The van der Waals surface area contributed by atoms with Crippen molar-refractivity contribution in [3.05, 3.63) is 23.7 Å². The summed E-state index contributed by atoms with van der Waals surface area (Å²) in [6.45, 7) is 0. The number of rotatable bonds is 0. The van der Waals surface area contributed by atoms with Crippen molar-refractivity contribution in [3.63, 3.8) is 0 Å². The maximum Gasteiger partial charge on any atom is 0.340 e. The van der Waals surface area contributed by atoms with Gasteiger partial charge >= 0.3 is 11.9 Å². The molecule has 4 heteroatoms. The lowest BCUT2D eigenvalue weighted by molar-refractivity contribution is -0.132. The standard InChI is InChI=1S/C6H2O4/c7-5-1-3-4(10-5)2-6(8)9-3/h1-2H. The highest BCUT2D eigenvalue weighted by molar-refractivity contribution is 5.95. The molecule has 2 heterocycles. The summed E-state index contributed by atoms with van der Waals surface area (Å²) < 4.78 is 9.08. The molecule has 2 aliphatic heterocycles. The Morgan fingerprint density at radius 2 is 1.30 bits per heavy atom. The molecule has 0 aliphatic carbocycles. The van der Waals surface area contributed by atoms with Crippen LogP contribution in [-0.2, 0) is 19.1 Å². The van der Waals surface area contributed by atoms with Crippen LogP contribution in [0.15, 0.2) is 23.7 Å². The van der Waals surface area contributed by atoms with E-state index in [0.29, 0.717) is 0 Å². The van der Waals surface area contributed by atoms with Gasteiger partial charge in [-0.05, 0) is 0 Å². The van der Waals surface area contributed by atoms with E-state index < -0.39 is 11.9 Å². The topological polar surface area (TPSA) is 52.6 Å². The summed E-state index contributed by atoms with van der Waals surface area (Å²) >= 11 is 0. The molecule has 0 saturated heterocycles. The molecule has 10 heavy (non-hydrogen) atoms. The van der Waals surface area contributed by atoms with E-state index in [0.717, 1.165) is 12.2 Å². The predicted molar refractivity (Wildman–Crippen MR) is 28.3 cm³/mol. The minimum atomic E-state index is -0.492. The molecule has 0 unspecified atom stereocenters. The number of hydrogen-bond acceptors (Lipinski definition) is 4. The van der Waals surface area contributed by atoms with Gasteiger partial charge in [0.2, 0.25) is 0 Å². The normalized spacial score (nSPS) is 21.2. The van der Waals surface area contributed by atoms with Crippen molar-refractivity contribution in [2.75, 3.05) is 0 Å². The molecule has 4 nitrogen and oxygen atoms in total. The number of carbonyl (C=O) groups is 2. The molecule has 0 fully saturated rings. The Morgan fingerprint density at radius 3 is 1.70 bits per heavy atom. The zero-order chi connectivity index (χ0) is 7.14. The lowest BCUT2D eigenvalue weighted by Gasteiger charge is -1.89. The second-order valence-electron chi connectivity index (χ2n) is 1.86. The molecular formula is C6H2O4. The van der Waals surface area contributed by atoms with Crippen LogP contribution < -0.4 is 0 Å². The van der Waals surface area contributed by atoms with Gasteiger partial charge in [-0.2, -0.15) is 0 Å². The van der Waals surface area contributed by atoms with Gasteiger partial charge in [0.1, 0.15) is 0 Å². The molecule has 0 aromatic rings. The maximum absolute atomic E-state index is 10.4. The summed E-state index contributed by atoms with van der Waals surface area (Å²) in [7, 11) is 0. The summed E-state index contributed by atoms with van der Waals surface area (Å²) in [5.41, 5.74) is 0. The van der Waals surface area contributed by atoms with E-state index in [-0.39, 0.29) is 11.5 Å². The minimum Gasteiger partial charge on any atom is -0.419 e. The first-order chi connectivity index (χ1) is 4.75. The zero-order valence-electron chi connectivity index (χ0n) is 4.79. The van der Waals surface area contributed by atoms with Crippen molar-refractivity contribution in [2.45, 2.75) is 0 Å². The molecule has 0 atom stereocenters. The van der Waals surface area contributed by atoms with Crippen LogP contribution in [-0.4, -0.2) is 11.9 Å². The molecule has 0 spiro atoms. The number of hydrogen-bond donors (Lipinski definition) is 0. The second kappa shape index (κ2) is 1.47. The predicted octanol–water partition coefficient (Wildman–Crippen LogP) is -0.132. The van der Waals surface area contributed by atoms with Gasteiger partial charge in [0.15, 0.2) is 11.5 Å². The van der Waals surface area contributed by atoms with Crippen molar-refractivity contribution in [2.24, 2.45) is 0 Å². The van der Waals surface area contributed by atoms with Crippen LogP contribution in [0.3, 0.4) is 0 Å². The fourth-order valence-electron chi connectivity index (χ4n) is 0.792. The van der Waals surface area contributed by atoms with E-state index in [2.05, 4.69) is 9.47 Å². The Morgan fingerprint density at radius 1 is 0.900 bits per heavy atom. The van der Waals surface area contributed by atoms with E-state index in [1.54, 1.807) is 0 Å². The van der Waals surface area contributed by atoms with E-state index in [1.807, 2.05) is 0 Å². The number of esters is 2. The molecular weight excluding hydrogens is 136 g/mol. The molecule has 0 radical (unpaired) electrons. The van der Waals surface area contributed by atoms with E-state index in [9.17, 15) is 9.59 Å². The summed E-state index contributed by atoms with van der Waals surface area (Å²) in [5, 5.41) is 0. The average Bonchev–Trinajstić information content (AvgIpc) is 2.21. The van der Waals surface area contributed by atoms with Gasteiger partial charge in [0.05, 0.1) is 12.2 Å². The van der Waals surface area contributed by atoms with Gasteiger partial charge in [-0.25, -0.2) is 9.59 Å². The third-order valence-electron chi connectivity index (χ3n) is 1.16. The Hall–Kier alpha value is -1.58. The van der Waals surface area contributed by atoms with Gasteiger partial charge in [-0.15, -0.1) is 0 Å². The summed E-state index contributed by atoms with van der Waals surface area (Å²) in [4.78, 5) is 20.9. The first kappa shape index (κ1) is 5.22. The van der Waals surface area contributed by atoms with Gasteiger partial charge in [0.25, 0.3) is 0 Å². The molecule has 0 aromatic carbocycles. The van der Waals surface area contributed by atoms with E-state index >= 15 is 0 Å². The smallest absolute Gasteiger partial charge is 0.340 e. The van der Waals surface area contributed by atoms with Crippen molar-refractivity contribution in [1.82, 2.24) is 0 Å². The van der Waals surface area contributed by atoms with Crippen molar-refractivity contribution >= 4 is 11.9 Å². The molecule has 2 aliphatic rings. The zero-order valence-corrected chi connectivity index (χ0v) is 4.79. The highest BCUT2D eigenvalue weighted by Crippen LogP contribution is 2.25. The Bertz CT molecular complexity index is 254. The highest BCUT2D eigenvalue weighted by atomic mass is 16.6. The van der Waals surface area contributed by atoms with Gasteiger partial charge in [-0.3, -0.25) is 0 Å². The number of ether oxygens (including phenoxy) is 2. The monoisotopic (exact) mass is 138 g/mol. The molecule has 2 rings (SSSR count). The highest BCUT2D eigenvalue weighted by Gasteiger charge is 2.29. The second-order valence-corrected chi connectivity index (χ2v) is 1.86. The van der Waals surface area contributed by atoms with Gasteiger partial charge in [0, 0.05) is 0 Å². The van der Waals surface area contributed by atoms with Crippen molar-refractivity contribution in [3.8, 4) is 0 Å². The third kappa shape index (κ3) is 0.556. The molecule has 0 aromatic heterocycles. The Kier molecular flexibility index (Phi) is 0.768. The van der Waals surface area contributed by atoms with Crippen LogP contribution in [0.2, 0.25) is 0 Å². The van der Waals surface area contributed by atoms with Gasteiger partial charge in [-0.1, -0.05) is 0 Å². The molecule has 0 N–H and O–H groups in total. The SMILES string of the molecule is O=C1C=C2OC(=O)C=C2O1. The minimum absolute atomic E-state index is 0.218. The van der Waals surface area contributed by atoms with Crippen LogP contribution in [0.5, 0.6) is 0 Å². The first-order valence-electron chi connectivity index (χ1n) is 2.63. The number of carbonyl (C=O) groups excluding carboxylic acids is 2. The molecule has 50 valence electrons. The summed E-state index contributed by atoms with van der Waals surface area (Å²) in [6.07, 6.45) is 2.27. The Labute approximate surface area is 55.7 Å². The summed E-state index contributed by atoms with van der Waals surface area (Å²) in [6, 6.07) is 0. The van der Waals surface area contributed by atoms with Crippen LogP contribution in [0.25, 0.3) is 0 Å². The van der Waals surface area contributed by atoms with Crippen LogP contribution >= 0.6 is 0 Å². The van der Waals surface area contributed by atoms with Gasteiger partial charge < -0.3 is 9.47 Å². The average molecular weight is 138 g/mol. The molecule has 0 bridgehead atoms. The van der Waals surface area contributed by atoms with Crippen LogP contribution in [0.1, 0.15) is 0 Å². The lowest BCUT2D eigenvalue weighted by atomic mass is 10.4. The lowest BCUT2D eigenvalue weighted by Crippen LogP contribution is -1.92. The van der Waals surface area contributed by atoms with Crippen molar-refractivity contribution < 1.29 is 19.1 Å². The largest absolute Gasteiger partial charge is 0.419 e. The van der Waals surface area contributed by atoms with Crippen LogP contribution in [0.4, 0.5) is 0 Å². The van der Waals surface area contributed by atoms with Crippen LogP contribution in [0, 0.1) is 0 Å². The maximum atomic E-state index is 10.4. The van der Waals surface area contributed by atoms with E-state index in [1.165, 1.54) is 0 Å². The molecule has 0 saturated carbocycles. The quantitative estimate of drug-likeness (QED) is 0.437. The molecule has 0 amide bonds. The fourth-order valence-corrected chi connectivity index (χ4v) is 0.792. The Balaban J connectivity index is 2.43. The third-order valence-corrected chi connectivity index (χ3v) is 1.16. The summed E-state index contributed by atoms with van der Waals surface area (Å²) in [5.74, 6) is -0.549. The first-order valence-corrected chi connectivity index (χ1v) is 2.63. The number of fused-ring (bicyclic) bond motifs is 1. The fraction of sp³-hybridized carbons (Fsp3) is 0. The van der Waals surface area contributed by atoms with Crippen molar-refractivity contribution in [1.29, 1.82) is 0 Å².